The van der Waals surface area contributed by atoms with Gasteiger partial charge in [-0.15, -0.1) is 13.2 Å². The second-order valence-corrected chi connectivity index (χ2v) is 9.30. The molecule has 0 spiro atoms. The lowest BCUT2D eigenvalue weighted by atomic mass is 10.1. The van der Waals surface area contributed by atoms with Crippen LogP contribution in [0.25, 0.3) is 5.69 Å². The van der Waals surface area contributed by atoms with E-state index in [1.165, 1.54) is 59.4 Å². The van der Waals surface area contributed by atoms with Crippen LogP contribution >= 0.6 is 11.6 Å². The standard InChI is InChI=1S/C27H17ClF6N4O4/c1-15-22(35-23(39)16-7-11-21(12-8-16)40-27(32,33)34)14-38(36-15)20-9-5-17(6-10-20)24-37-42-25(41-24,26(29,30)31)18-3-2-4-19(28)13-18/h2-14H,1H3,(H,35,39). The van der Waals surface area contributed by atoms with Crippen molar-refractivity contribution >= 4 is 29.1 Å². The molecule has 1 aliphatic rings. The molecule has 3 aromatic carbocycles. The van der Waals surface area contributed by atoms with Gasteiger partial charge in [0.25, 0.3) is 11.8 Å². The third-order valence-electron chi connectivity index (χ3n) is 5.95. The minimum absolute atomic E-state index is 0.0552. The van der Waals surface area contributed by atoms with E-state index in [4.69, 9.17) is 21.2 Å². The van der Waals surface area contributed by atoms with E-state index >= 15 is 0 Å². The van der Waals surface area contributed by atoms with Gasteiger partial charge < -0.3 is 19.6 Å². The van der Waals surface area contributed by atoms with E-state index in [1.54, 1.807) is 6.92 Å². The molecule has 0 bridgehead atoms. The number of benzene rings is 3. The molecule has 42 heavy (non-hydrogen) atoms. The Morgan fingerprint density at radius 2 is 1.69 bits per heavy atom. The van der Waals surface area contributed by atoms with Gasteiger partial charge in [0.2, 0.25) is 0 Å². The zero-order valence-electron chi connectivity index (χ0n) is 21.1. The van der Waals surface area contributed by atoms with Crippen LogP contribution in [0, 0.1) is 6.92 Å². The van der Waals surface area contributed by atoms with Crippen LogP contribution in [0.5, 0.6) is 5.75 Å². The number of carbonyl (C=O) groups is 1. The zero-order valence-corrected chi connectivity index (χ0v) is 21.9. The predicted molar refractivity (Wildman–Crippen MR) is 137 cm³/mol. The van der Waals surface area contributed by atoms with Gasteiger partial charge in [0.1, 0.15) is 5.75 Å². The maximum Gasteiger partial charge on any atom is 0.573 e. The van der Waals surface area contributed by atoms with Gasteiger partial charge >= 0.3 is 18.3 Å². The fourth-order valence-corrected chi connectivity index (χ4v) is 4.13. The van der Waals surface area contributed by atoms with E-state index < -0.39 is 35.9 Å². The van der Waals surface area contributed by atoms with Gasteiger partial charge in [-0.05, 0) is 72.7 Å². The van der Waals surface area contributed by atoms with Crippen molar-refractivity contribution in [1.82, 2.24) is 9.78 Å². The smallest absolute Gasteiger partial charge is 0.419 e. The maximum absolute atomic E-state index is 14.1. The number of hydrogen-bond acceptors (Lipinski definition) is 6. The maximum atomic E-state index is 14.1. The number of ether oxygens (including phenoxy) is 2. The summed E-state index contributed by atoms with van der Waals surface area (Å²) in [6.45, 7) is 1.62. The van der Waals surface area contributed by atoms with Crippen LogP contribution in [0.1, 0.15) is 27.2 Å². The molecule has 2 heterocycles. The molecular formula is C27H17ClF6N4O4. The molecule has 0 fully saturated rings. The van der Waals surface area contributed by atoms with Gasteiger partial charge in [0.15, 0.2) is 0 Å². The van der Waals surface area contributed by atoms with Crippen molar-refractivity contribution in [2.45, 2.75) is 25.2 Å². The van der Waals surface area contributed by atoms with Crippen molar-refractivity contribution in [3.63, 3.8) is 0 Å². The number of carbonyl (C=O) groups excluding carboxylic acids is 1. The van der Waals surface area contributed by atoms with Gasteiger partial charge in [0, 0.05) is 21.7 Å². The van der Waals surface area contributed by atoms with Gasteiger partial charge in [-0.2, -0.15) is 18.3 Å². The second kappa shape index (κ2) is 10.6. The number of nitrogens with zero attached hydrogens (tertiary/aromatic N) is 3. The highest BCUT2D eigenvalue weighted by molar-refractivity contribution is 6.30. The molecule has 4 aromatic rings. The van der Waals surface area contributed by atoms with Crippen LogP contribution in [0.3, 0.4) is 0 Å². The van der Waals surface area contributed by atoms with Gasteiger partial charge in [-0.1, -0.05) is 23.7 Å². The predicted octanol–water partition coefficient (Wildman–Crippen LogP) is 7.11. The Labute approximate surface area is 238 Å². The first-order valence-electron chi connectivity index (χ1n) is 11.9. The van der Waals surface area contributed by atoms with E-state index in [9.17, 15) is 31.1 Å². The van der Waals surface area contributed by atoms with Gasteiger partial charge in [0.05, 0.1) is 23.3 Å². The Morgan fingerprint density at radius 1 is 1.00 bits per heavy atom. The number of aryl methyl sites for hydroxylation is 1. The van der Waals surface area contributed by atoms with Crippen LogP contribution in [0.15, 0.2) is 84.1 Å². The molecule has 218 valence electrons. The molecule has 1 unspecified atom stereocenters. The van der Waals surface area contributed by atoms with Gasteiger partial charge in [-0.25, -0.2) is 4.68 Å². The quantitative estimate of drug-likeness (QED) is 0.235. The number of amides is 1. The van der Waals surface area contributed by atoms with E-state index in [0.29, 0.717) is 17.1 Å². The fraction of sp³-hybridized carbons (Fsp3) is 0.148. The number of anilines is 1. The minimum atomic E-state index is -4.99. The van der Waals surface area contributed by atoms with Gasteiger partial charge in [-0.3, -0.25) is 4.79 Å². The topological polar surface area (TPSA) is 87.0 Å². The molecule has 1 N–H and O–H groups in total. The summed E-state index contributed by atoms with van der Waals surface area (Å²) in [5.74, 6) is -4.66. The summed E-state index contributed by atoms with van der Waals surface area (Å²) < 4.78 is 89.7. The molecule has 1 atom stereocenters. The molecule has 0 aliphatic carbocycles. The van der Waals surface area contributed by atoms with E-state index in [0.717, 1.165) is 24.3 Å². The van der Waals surface area contributed by atoms with Crippen molar-refractivity contribution in [3.05, 3.63) is 106 Å². The SMILES string of the molecule is Cc1nn(-c2ccc(C3=NOC(c4cccc(Cl)c4)(C(F)(F)F)O3)cc2)cc1NC(=O)c1ccc(OC(F)(F)F)cc1. The minimum Gasteiger partial charge on any atom is -0.419 e. The Hall–Kier alpha value is -4.72. The van der Waals surface area contributed by atoms with E-state index in [1.807, 2.05) is 0 Å². The Kier molecular flexibility index (Phi) is 7.27. The highest BCUT2D eigenvalue weighted by Crippen LogP contribution is 2.47. The van der Waals surface area contributed by atoms with E-state index in [-0.39, 0.29) is 21.7 Å². The summed E-state index contributed by atoms with van der Waals surface area (Å²) >= 11 is 5.87. The Balaban J connectivity index is 1.29. The average Bonchev–Trinajstić information content (AvgIpc) is 3.53. The molecular weight excluding hydrogens is 594 g/mol. The van der Waals surface area contributed by atoms with E-state index in [2.05, 4.69) is 20.3 Å². The number of oxime groups is 1. The van der Waals surface area contributed by atoms with Crippen LogP contribution in [0.2, 0.25) is 5.02 Å². The number of halogens is 7. The van der Waals surface area contributed by atoms with Crippen molar-refractivity contribution in [2.75, 3.05) is 5.32 Å². The molecule has 8 nitrogen and oxygen atoms in total. The molecule has 15 heteroatoms. The first-order chi connectivity index (χ1) is 19.7. The number of aromatic nitrogens is 2. The number of alkyl halides is 6. The third kappa shape index (κ3) is 5.84. The Morgan fingerprint density at radius 3 is 2.31 bits per heavy atom. The van der Waals surface area contributed by atoms with Crippen LogP contribution in [-0.4, -0.2) is 34.1 Å². The molecule has 5 rings (SSSR count). The molecule has 1 aromatic heterocycles. The largest absolute Gasteiger partial charge is 0.573 e. The molecule has 0 radical (unpaired) electrons. The lowest BCUT2D eigenvalue weighted by Gasteiger charge is -2.28. The first-order valence-corrected chi connectivity index (χ1v) is 12.2. The zero-order chi connectivity index (χ0) is 30.3. The third-order valence-corrected chi connectivity index (χ3v) is 6.19. The number of hydrogen-bond donors (Lipinski definition) is 1. The summed E-state index contributed by atoms with van der Waals surface area (Å²) in [7, 11) is 0. The fourth-order valence-electron chi connectivity index (χ4n) is 3.94. The van der Waals surface area contributed by atoms with Crippen LogP contribution < -0.4 is 10.1 Å². The Bertz CT molecular complexity index is 1650. The summed E-state index contributed by atoms with van der Waals surface area (Å²) in [4.78, 5) is 17.4. The summed E-state index contributed by atoms with van der Waals surface area (Å²) in [5, 5.41) is 10.5. The highest BCUT2D eigenvalue weighted by atomic mass is 35.5. The summed E-state index contributed by atoms with van der Waals surface area (Å²) in [5.41, 5.74) is 1.08. The van der Waals surface area contributed by atoms with Crippen LogP contribution in [-0.2, 0) is 15.4 Å². The lowest BCUT2D eigenvalue weighted by Crippen LogP contribution is -2.44. The van der Waals surface area contributed by atoms with Crippen molar-refractivity contribution in [3.8, 4) is 11.4 Å². The van der Waals surface area contributed by atoms with Crippen molar-refractivity contribution in [2.24, 2.45) is 5.16 Å². The highest BCUT2D eigenvalue weighted by Gasteiger charge is 2.65. The summed E-state index contributed by atoms with van der Waals surface area (Å²) in [6, 6.07) is 15.3. The lowest BCUT2D eigenvalue weighted by molar-refractivity contribution is -0.352. The van der Waals surface area contributed by atoms with Crippen molar-refractivity contribution < 1.29 is 45.4 Å². The molecule has 0 saturated carbocycles. The number of nitrogens with one attached hydrogen (secondary N) is 1. The second-order valence-electron chi connectivity index (χ2n) is 8.86. The summed E-state index contributed by atoms with van der Waals surface area (Å²) in [6.07, 6.45) is -8.36. The monoisotopic (exact) mass is 610 g/mol. The van der Waals surface area contributed by atoms with Crippen LogP contribution in [0.4, 0.5) is 32.0 Å². The number of rotatable bonds is 6. The normalized spacial score (nSPS) is 16.8. The molecule has 1 aliphatic heterocycles. The van der Waals surface area contributed by atoms with Crippen molar-refractivity contribution in [1.29, 1.82) is 0 Å². The first kappa shape index (κ1) is 28.8. The average molecular weight is 611 g/mol. The molecule has 0 saturated heterocycles. The molecule has 1 amide bonds.